The highest BCUT2D eigenvalue weighted by molar-refractivity contribution is 6.02. The molecule has 0 saturated heterocycles. The highest BCUT2D eigenvalue weighted by Crippen LogP contribution is 2.14. The van der Waals surface area contributed by atoms with Gasteiger partial charge in [-0.05, 0) is 19.5 Å². The van der Waals surface area contributed by atoms with Gasteiger partial charge in [-0.3, -0.25) is 4.79 Å². The zero-order chi connectivity index (χ0) is 14.6. The number of aromatic carboxylic acids is 1. The number of nitrogens with one attached hydrogen (secondary N) is 2. The predicted octanol–water partition coefficient (Wildman–Crippen LogP) is 0.426. The Morgan fingerprint density at radius 1 is 1.47 bits per heavy atom. The lowest BCUT2D eigenvalue weighted by atomic mass is 9.93. The molecule has 0 aliphatic rings. The maximum atomic E-state index is 11.9. The van der Waals surface area contributed by atoms with Crippen molar-refractivity contribution in [2.75, 3.05) is 27.2 Å². The fraction of sp³-hybridized carbons (Fsp3) is 0.583. The highest BCUT2D eigenvalue weighted by atomic mass is 16.4. The first-order valence-electron chi connectivity index (χ1n) is 5.92. The lowest BCUT2D eigenvalue weighted by Gasteiger charge is -2.28. The summed E-state index contributed by atoms with van der Waals surface area (Å²) in [5.41, 5.74) is -0.394. The van der Waals surface area contributed by atoms with E-state index in [9.17, 15) is 9.59 Å². The number of aromatic amines is 1. The van der Waals surface area contributed by atoms with Crippen molar-refractivity contribution in [3.8, 4) is 0 Å². The Hall–Kier alpha value is -1.89. The molecule has 0 bridgehead atoms. The van der Waals surface area contributed by atoms with E-state index >= 15 is 0 Å². The largest absolute Gasteiger partial charge is 0.477 e. The van der Waals surface area contributed by atoms with Crippen LogP contribution < -0.4 is 5.32 Å². The van der Waals surface area contributed by atoms with Crippen molar-refractivity contribution in [3.05, 3.63) is 17.7 Å². The number of carbonyl (C=O) groups excluding carboxylic acids is 1. The minimum absolute atomic E-state index is 0.0897. The number of aromatic nitrogens is 2. The van der Waals surface area contributed by atoms with Crippen molar-refractivity contribution in [2.24, 2.45) is 5.41 Å². The van der Waals surface area contributed by atoms with E-state index in [2.05, 4.69) is 15.3 Å². The summed E-state index contributed by atoms with van der Waals surface area (Å²) in [4.78, 5) is 31.0. The number of H-pyrrole nitrogens is 1. The summed E-state index contributed by atoms with van der Waals surface area (Å²) in [5, 5.41) is 11.6. The molecule has 19 heavy (non-hydrogen) atoms. The normalized spacial score (nSPS) is 11.6. The van der Waals surface area contributed by atoms with Gasteiger partial charge in [0.05, 0.1) is 6.33 Å². The van der Waals surface area contributed by atoms with Crippen molar-refractivity contribution in [2.45, 2.75) is 13.8 Å². The van der Waals surface area contributed by atoms with Gasteiger partial charge in [-0.2, -0.15) is 0 Å². The van der Waals surface area contributed by atoms with Crippen molar-refractivity contribution in [1.82, 2.24) is 20.2 Å². The quantitative estimate of drug-likeness (QED) is 0.694. The maximum absolute atomic E-state index is 11.9. The molecule has 1 rings (SSSR count). The lowest BCUT2D eigenvalue weighted by molar-refractivity contribution is 0.0684. The first-order chi connectivity index (χ1) is 8.73. The summed E-state index contributed by atoms with van der Waals surface area (Å²) in [6.45, 7) is 5.29. The number of nitrogens with zero attached hydrogens (tertiary/aromatic N) is 2. The average Bonchev–Trinajstić information content (AvgIpc) is 2.73. The molecule has 0 saturated carbocycles. The van der Waals surface area contributed by atoms with Crippen LogP contribution in [0.15, 0.2) is 6.33 Å². The summed E-state index contributed by atoms with van der Waals surface area (Å²) in [7, 11) is 3.92. The molecule has 7 nitrogen and oxygen atoms in total. The topological polar surface area (TPSA) is 98.3 Å². The van der Waals surface area contributed by atoms with Gasteiger partial charge in [0.15, 0.2) is 11.4 Å². The molecule has 7 heteroatoms. The van der Waals surface area contributed by atoms with E-state index < -0.39 is 11.9 Å². The van der Waals surface area contributed by atoms with E-state index in [0.29, 0.717) is 6.54 Å². The minimum atomic E-state index is -1.20. The standard InChI is InChI=1S/C12H20N4O3/c1-12(2,6-16(3)4)5-13-10(17)8-9(11(18)19)15-7-14-8/h7H,5-6H2,1-4H3,(H,13,17)(H,14,15)(H,18,19). The highest BCUT2D eigenvalue weighted by Gasteiger charge is 2.23. The number of amides is 1. The van der Waals surface area contributed by atoms with Gasteiger partial charge < -0.3 is 20.3 Å². The number of rotatable bonds is 6. The monoisotopic (exact) mass is 268 g/mol. The van der Waals surface area contributed by atoms with E-state index in [-0.39, 0.29) is 16.8 Å². The summed E-state index contributed by atoms with van der Waals surface area (Å²) in [5.74, 6) is -1.68. The van der Waals surface area contributed by atoms with E-state index in [1.54, 1.807) is 0 Å². The average molecular weight is 268 g/mol. The van der Waals surface area contributed by atoms with Gasteiger partial charge in [-0.15, -0.1) is 0 Å². The van der Waals surface area contributed by atoms with Crippen molar-refractivity contribution >= 4 is 11.9 Å². The van der Waals surface area contributed by atoms with Crippen molar-refractivity contribution in [1.29, 1.82) is 0 Å². The zero-order valence-electron chi connectivity index (χ0n) is 11.6. The summed E-state index contributed by atoms with van der Waals surface area (Å²) >= 11 is 0. The van der Waals surface area contributed by atoms with Crippen LogP contribution in [0.25, 0.3) is 0 Å². The number of carboxylic acid groups (broad SMARTS) is 1. The molecule has 0 spiro atoms. The summed E-state index contributed by atoms with van der Waals surface area (Å²) < 4.78 is 0. The zero-order valence-corrected chi connectivity index (χ0v) is 11.6. The number of carbonyl (C=O) groups is 2. The van der Waals surface area contributed by atoms with Crippen LogP contribution >= 0.6 is 0 Å². The van der Waals surface area contributed by atoms with Crippen LogP contribution in [0.4, 0.5) is 0 Å². The molecule has 3 N–H and O–H groups in total. The van der Waals surface area contributed by atoms with Crippen LogP contribution in [0.5, 0.6) is 0 Å². The first kappa shape index (κ1) is 15.2. The number of carboxylic acids is 1. The third-order valence-electron chi connectivity index (χ3n) is 2.54. The smallest absolute Gasteiger partial charge is 0.354 e. The molecule has 106 valence electrons. The Labute approximate surface area is 112 Å². The van der Waals surface area contributed by atoms with Crippen LogP contribution in [-0.2, 0) is 0 Å². The summed E-state index contributed by atoms with van der Waals surface area (Å²) in [6, 6.07) is 0. The first-order valence-corrected chi connectivity index (χ1v) is 5.92. The fourth-order valence-electron chi connectivity index (χ4n) is 1.94. The Morgan fingerprint density at radius 2 is 2.11 bits per heavy atom. The number of hydrogen-bond acceptors (Lipinski definition) is 4. The molecule has 0 atom stereocenters. The summed E-state index contributed by atoms with van der Waals surface area (Å²) in [6.07, 6.45) is 1.20. The Balaban J connectivity index is 2.65. The second-order valence-electron chi connectivity index (χ2n) is 5.52. The molecule has 1 aromatic heterocycles. The van der Waals surface area contributed by atoms with Gasteiger partial charge in [-0.25, -0.2) is 9.78 Å². The second-order valence-corrected chi connectivity index (χ2v) is 5.52. The molecule has 0 aliphatic carbocycles. The Bertz CT molecular complexity index is 465. The lowest BCUT2D eigenvalue weighted by Crippen LogP contribution is -2.40. The van der Waals surface area contributed by atoms with Crippen LogP contribution in [-0.4, -0.2) is 59.0 Å². The van der Waals surface area contributed by atoms with Crippen molar-refractivity contribution < 1.29 is 14.7 Å². The van der Waals surface area contributed by atoms with Gasteiger partial charge in [0.2, 0.25) is 0 Å². The van der Waals surface area contributed by atoms with Crippen LogP contribution in [0, 0.1) is 5.41 Å². The Morgan fingerprint density at radius 3 is 2.63 bits per heavy atom. The molecule has 0 aromatic carbocycles. The van der Waals surface area contributed by atoms with Crippen LogP contribution in [0.1, 0.15) is 34.8 Å². The van der Waals surface area contributed by atoms with Gasteiger partial charge in [0.25, 0.3) is 5.91 Å². The third-order valence-corrected chi connectivity index (χ3v) is 2.54. The van der Waals surface area contributed by atoms with Crippen molar-refractivity contribution in [3.63, 3.8) is 0 Å². The molecule has 0 unspecified atom stereocenters. The van der Waals surface area contributed by atoms with Crippen LogP contribution in [0.3, 0.4) is 0 Å². The predicted molar refractivity (Wildman–Crippen MR) is 70.2 cm³/mol. The van der Waals surface area contributed by atoms with E-state index in [1.165, 1.54) is 6.33 Å². The fourth-order valence-corrected chi connectivity index (χ4v) is 1.94. The molecule has 1 amide bonds. The van der Waals surface area contributed by atoms with E-state index in [1.807, 2.05) is 32.8 Å². The molecular formula is C12H20N4O3. The van der Waals surface area contributed by atoms with Crippen LogP contribution in [0.2, 0.25) is 0 Å². The van der Waals surface area contributed by atoms with E-state index in [0.717, 1.165) is 6.54 Å². The molecule has 0 aliphatic heterocycles. The molecule has 0 fully saturated rings. The van der Waals surface area contributed by atoms with E-state index in [4.69, 9.17) is 5.11 Å². The Kier molecular flexibility index (Phi) is 4.66. The van der Waals surface area contributed by atoms with Gasteiger partial charge in [0.1, 0.15) is 0 Å². The second kappa shape index (κ2) is 5.83. The SMILES string of the molecule is CN(C)CC(C)(C)CNC(=O)c1nc[nH]c1C(=O)O. The molecule has 1 heterocycles. The molecule has 0 radical (unpaired) electrons. The third kappa shape index (κ3) is 4.36. The molecule has 1 aromatic rings. The number of hydrogen-bond donors (Lipinski definition) is 3. The minimum Gasteiger partial charge on any atom is -0.477 e. The van der Waals surface area contributed by atoms with Gasteiger partial charge in [-0.1, -0.05) is 13.8 Å². The van der Waals surface area contributed by atoms with Gasteiger partial charge >= 0.3 is 5.97 Å². The molecular weight excluding hydrogens is 248 g/mol. The maximum Gasteiger partial charge on any atom is 0.354 e. The number of imidazole rings is 1. The van der Waals surface area contributed by atoms with Gasteiger partial charge in [0, 0.05) is 13.1 Å².